The van der Waals surface area contributed by atoms with Gasteiger partial charge in [0, 0.05) is 21.5 Å². The van der Waals surface area contributed by atoms with Gasteiger partial charge >= 0.3 is 11.9 Å². The minimum atomic E-state index is -1.52. The summed E-state index contributed by atoms with van der Waals surface area (Å²) in [5.74, 6) is -3.37. The highest BCUT2D eigenvalue weighted by Gasteiger charge is 2.30. The molecule has 8 nitrogen and oxygen atoms in total. The minimum Gasteiger partial charge on any atom is -0.478 e. The number of ether oxygens (including phenoxy) is 1. The Morgan fingerprint density at radius 3 is 2.12 bits per heavy atom. The Labute approximate surface area is 315 Å². The first-order valence-corrected chi connectivity index (χ1v) is 18.1. The standard InChI is InChI=1S/C36H26Cl4N2O6S2/c1-3-48-36(47)24-23(19-14-12-18(2)13-15-19)17-49-34(24)42-33(44)31(20-8-5-4-6-9-20)50-22-11-7-10-21(16-22)41-32(43)25-26(35(45)46)28(38)30(40)29(39)27(25)37/h4-17,31H,3H2,1-2H3,(H,41,43)(H,42,44)(H,45,46). The van der Waals surface area contributed by atoms with Crippen molar-refractivity contribution in [3.05, 3.63) is 132 Å². The maximum Gasteiger partial charge on any atom is 0.341 e. The molecule has 0 saturated carbocycles. The maximum atomic E-state index is 14.1. The topological polar surface area (TPSA) is 122 Å². The molecule has 2 amide bonds. The Bertz CT molecular complexity index is 2110. The van der Waals surface area contributed by atoms with E-state index in [1.54, 1.807) is 31.2 Å². The molecule has 14 heteroatoms. The van der Waals surface area contributed by atoms with Crippen molar-refractivity contribution in [1.29, 1.82) is 0 Å². The summed E-state index contributed by atoms with van der Waals surface area (Å²) in [7, 11) is 0. The molecule has 0 spiro atoms. The van der Waals surface area contributed by atoms with E-state index in [1.807, 2.05) is 66.9 Å². The lowest BCUT2D eigenvalue weighted by Crippen LogP contribution is -2.20. The summed E-state index contributed by atoms with van der Waals surface area (Å²) in [6.45, 7) is 3.84. The van der Waals surface area contributed by atoms with Gasteiger partial charge in [-0.2, -0.15) is 0 Å². The number of thiophene rings is 1. The summed E-state index contributed by atoms with van der Waals surface area (Å²) in [6, 6.07) is 23.4. The summed E-state index contributed by atoms with van der Waals surface area (Å²) in [6.07, 6.45) is 0. The number of aryl methyl sites for hydroxylation is 1. The van der Waals surface area contributed by atoms with E-state index in [-0.39, 0.29) is 32.9 Å². The van der Waals surface area contributed by atoms with E-state index in [1.165, 1.54) is 23.1 Å². The van der Waals surface area contributed by atoms with Crippen molar-refractivity contribution in [2.24, 2.45) is 0 Å². The molecule has 5 aromatic rings. The molecule has 0 saturated heterocycles. The average Bonchev–Trinajstić information content (AvgIpc) is 3.51. The van der Waals surface area contributed by atoms with Crippen LogP contribution in [0.15, 0.2) is 89.1 Å². The van der Waals surface area contributed by atoms with Gasteiger partial charge in [0.25, 0.3) is 5.91 Å². The highest BCUT2D eigenvalue weighted by Crippen LogP contribution is 2.43. The number of esters is 1. The molecule has 0 radical (unpaired) electrons. The second kappa shape index (κ2) is 16.3. The first-order chi connectivity index (χ1) is 23.9. The Balaban J connectivity index is 1.45. The third-order valence-corrected chi connectivity index (χ3v) is 11.2. The number of anilines is 2. The van der Waals surface area contributed by atoms with E-state index in [9.17, 15) is 24.3 Å². The third-order valence-electron chi connectivity index (χ3n) is 7.26. The molecule has 256 valence electrons. The molecule has 1 atom stereocenters. The fourth-order valence-electron chi connectivity index (χ4n) is 4.90. The first-order valence-electron chi connectivity index (χ1n) is 14.8. The third kappa shape index (κ3) is 8.12. The highest BCUT2D eigenvalue weighted by molar-refractivity contribution is 8.00. The quantitative estimate of drug-likeness (QED) is 0.0527. The highest BCUT2D eigenvalue weighted by atomic mass is 35.5. The van der Waals surface area contributed by atoms with Crippen LogP contribution < -0.4 is 10.6 Å². The lowest BCUT2D eigenvalue weighted by atomic mass is 10.0. The number of carbonyl (C=O) groups excluding carboxylic acids is 3. The Hall–Kier alpha value is -4.03. The summed E-state index contributed by atoms with van der Waals surface area (Å²) < 4.78 is 5.37. The van der Waals surface area contributed by atoms with Crippen LogP contribution in [0.3, 0.4) is 0 Å². The van der Waals surface area contributed by atoms with E-state index in [4.69, 9.17) is 51.1 Å². The van der Waals surface area contributed by atoms with Gasteiger partial charge in [0.2, 0.25) is 5.91 Å². The van der Waals surface area contributed by atoms with E-state index < -0.39 is 45.2 Å². The molecule has 1 aromatic heterocycles. The van der Waals surface area contributed by atoms with Crippen LogP contribution in [0.1, 0.15) is 54.4 Å². The van der Waals surface area contributed by atoms with Crippen LogP contribution >= 0.6 is 69.5 Å². The fourth-order valence-corrected chi connectivity index (χ4v) is 7.97. The Kier molecular flexibility index (Phi) is 12.2. The lowest BCUT2D eigenvalue weighted by Gasteiger charge is -2.18. The summed E-state index contributed by atoms with van der Waals surface area (Å²) in [4.78, 5) is 53.2. The molecular weight excluding hydrogens is 762 g/mol. The maximum absolute atomic E-state index is 14.1. The van der Waals surface area contributed by atoms with Gasteiger partial charge in [-0.3, -0.25) is 9.59 Å². The number of thioether (sulfide) groups is 1. The number of carbonyl (C=O) groups is 4. The number of carboxylic acid groups (broad SMARTS) is 1. The smallest absolute Gasteiger partial charge is 0.341 e. The molecule has 0 fully saturated rings. The number of amides is 2. The molecule has 0 aliphatic heterocycles. The van der Waals surface area contributed by atoms with Gasteiger partial charge in [-0.25, -0.2) is 9.59 Å². The molecule has 50 heavy (non-hydrogen) atoms. The van der Waals surface area contributed by atoms with Gasteiger partial charge in [0.05, 0.1) is 37.8 Å². The van der Waals surface area contributed by atoms with Gasteiger partial charge in [-0.1, -0.05) is 113 Å². The second-order valence-corrected chi connectivity index (χ2v) is 14.2. The lowest BCUT2D eigenvalue weighted by molar-refractivity contribution is -0.115. The largest absolute Gasteiger partial charge is 0.478 e. The summed E-state index contributed by atoms with van der Waals surface area (Å²) in [5.41, 5.74) is 2.67. The predicted octanol–water partition coefficient (Wildman–Crippen LogP) is 10.9. The van der Waals surface area contributed by atoms with Crippen LogP contribution in [0.25, 0.3) is 11.1 Å². The van der Waals surface area contributed by atoms with E-state index in [0.717, 1.165) is 11.1 Å². The number of hydrogen-bond acceptors (Lipinski definition) is 7. The van der Waals surface area contributed by atoms with E-state index in [0.29, 0.717) is 21.0 Å². The molecule has 5 rings (SSSR count). The first kappa shape index (κ1) is 37.2. The van der Waals surface area contributed by atoms with Crippen LogP contribution in [-0.4, -0.2) is 35.5 Å². The number of halogens is 4. The number of carboxylic acids is 1. The van der Waals surface area contributed by atoms with E-state index >= 15 is 0 Å². The fraction of sp³-hybridized carbons (Fsp3) is 0.111. The summed E-state index contributed by atoms with van der Waals surface area (Å²) >= 11 is 27.0. The van der Waals surface area contributed by atoms with Crippen molar-refractivity contribution in [2.45, 2.75) is 24.0 Å². The van der Waals surface area contributed by atoms with Crippen LogP contribution in [0, 0.1) is 6.92 Å². The number of nitrogens with one attached hydrogen (secondary N) is 2. The predicted molar refractivity (Wildman–Crippen MR) is 202 cm³/mol. The minimum absolute atomic E-state index is 0.159. The van der Waals surface area contributed by atoms with Gasteiger partial charge in [-0.15, -0.1) is 23.1 Å². The average molecular weight is 789 g/mol. The zero-order chi connectivity index (χ0) is 36.1. The molecule has 0 aliphatic rings. The zero-order valence-electron chi connectivity index (χ0n) is 26.2. The molecule has 4 aromatic carbocycles. The zero-order valence-corrected chi connectivity index (χ0v) is 30.8. The van der Waals surface area contributed by atoms with Crippen molar-refractivity contribution in [1.82, 2.24) is 0 Å². The van der Waals surface area contributed by atoms with Gasteiger partial charge in [0.1, 0.15) is 15.8 Å². The Morgan fingerprint density at radius 1 is 0.820 bits per heavy atom. The van der Waals surface area contributed by atoms with Crippen molar-refractivity contribution in [3.63, 3.8) is 0 Å². The molecule has 1 heterocycles. The monoisotopic (exact) mass is 786 g/mol. The van der Waals surface area contributed by atoms with Gasteiger partial charge < -0.3 is 20.5 Å². The molecule has 0 bridgehead atoms. The normalized spacial score (nSPS) is 11.5. The summed E-state index contributed by atoms with van der Waals surface area (Å²) in [5, 5.41) is 15.4. The molecular formula is C36H26Cl4N2O6S2. The van der Waals surface area contributed by atoms with E-state index in [2.05, 4.69) is 10.6 Å². The number of benzene rings is 4. The van der Waals surface area contributed by atoms with Gasteiger partial charge in [0.15, 0.2) is 0 Å². The molecule has 1 unspecified atom stereocenters. The van der Waals surface area contributed by atoms with Crippen molar-refractivity contribution < 1.29 is 29.0 Å². The van der Waals surface area contributed by atoms with Gasteiger partial charge in [-0.05, 0) is 43.2 Å². The molecule has 3 N–H and O–H groups in total. The second-order valence-electron chi connectivity index (χ2n) is 10.6. The van der Waals surface area contributed by atoms with Crippen LogP contribution in [0.2, 0.25) is 20.1 Å². The molecule has 0 aliphatic carbocycles. The van der Waals surface area contributed by atoms with Crippen LogP contribution in [0.5, 0.6) is 0 Å². The SMILES string of the molecule is CCOC(=O)c1c(-c2ccc(C)cc2)csc1NC(=O)C(Sc1cccc(NC(=O)c2c(Cl)c(Cl)c(Cl)c(Cl)c2C(=O)O)c1)c1ccccc1. The number of rotatable bonds is 11. The van der Waals surface area contributed by atoms with Crippen molar-refractivity contribution in [3.8, 4) is 11.1 Å². The van der Waals surface area contributed by atoms with Crippen molar-refractivity contribution in [2.75, 3.05) is 17.2 Å². The number of hydrogen-bond donors (Lipinski definition) is 3. The Morgan fingerprint density at radius 2 is 1.48 bits per heavy atom. The number of aromatic carboxylic acids is 1. The van der Waals surface area contributed by atoms with Crippen LogP contribution in [0.4, 0.5) is 10.7 Å². The van der Waals surface area contributed by atoms with Crippen LogP contribution in [-0.2, 0) is 9.53 Å². The van der Waals surface area contributed by atoms with Crippen molar-refractivity contribution >= 4 is 104 Å².